The molecule has 0 saturated carbocycles. The predicted octanol–water partition coefficient (Wildman–Crippen LogP) is 5.32. The predicted molar refractivity (Wildman–Crippen MR) is 127 cm³/mol. The quantitative estimate of drug-likeness (QED) is 0.576. The van der Waals surface area contributed by atoms with Crippen LogP contribution in [-0.4, -0.2) is 13.4 Å². The minimum Gasteiger partial charge on any atom is -0.338 e. The Hall–Kier alpha value is -3.37. The molecule has 1 aromatic heterocycles. The lowest BCUT2D eigenvalue weighted by molar-refractivity contribution is 0.584. The zero-order chi connectivity index (χ0) is 23.3. The molecule has 0 unspecified atom stereocenters. The van der Waals surface area contributed by atoms with Crippen molar-refractivity contribution in [3.8, 4) is 6.07 Å². The number of nitrogens with one attached hydrogen (secondary N) is 1. The number of benzene rings is 2. The number of sulfonamides is 1. The van der Waals surface area contributed by atoms with Crippen molar-refractivity contribution in [2.24, 2.45) is 0 Å². The minimum absolute atomic E-state index is 0.0713. The average Bonchev–Trinajstić information content (AvgIpc) is 2.92. The Morgan fingerprint density at radius 3 is 2.34 bits per heavy atom. The van der Waals surface area contributed by atoms with Crippen LogP contribution >= 0.6 is 0 Å². The van der Waals surface area contributed by atoms with Gasteiger partial charge in [0.15, 0.2) is 0 Å². The number of hydrogen-bond acceptors (Lipinski definition) is 5. The summed E-state index contributed by atoms with van der Waals surface area (Å²) in [5.74, 6) is 0.495. The second kappa shape index (κ2) is 7.64. The average molecular weight is 447 g/mol. The van der Waals surface area contributed by atoms with E-state index < -0.39 is 10.0 Å². The summed E-state index contributed by atoms with van der Waals surface area (Å²) in [6, 6.07) is 16.3. The summed E-state index contributed by atoms with van der Waals surface area (Å²) in [4.78, 5) is 4.62. The monoisotopic (exact) mass is 446 g/mol. The third-order valence-electron chi connectivity index (χ3n) is 5.92. The Kier molecular flexibility index (Phi) is 5.22. The summed E-state index contributed by atoms with van der Waals surface area (Å²) < 4.78 is 29.2. The largest absolute Gasteiger partial charge is 0.338 e. The number of fused-ring (bicyclic) bond motifs is 2. The fraction of sp³-hybridized carbons (Fsp3) is 0.280. The second-order valence-electron chi connectivity index (χ2n) is 9.13. The fourth-order valence-corrected chi connectivity index (χ4v) is 5.35. The molecule has 1 aliphatic rings. The number of rotatable bonds is 2. The molecule has 0 spiro atoms. The SMILES string of the molecule is Cc1ccc2c(c1C)N(S(=O)(=O)c1ccc(C(C)(C)C)cc1)Cc1ccc(C#N)nc1N2. The third-order valence-corrected chi connectivity index (χ3v) is 7.68. The molecule has 0 aliphatic carbocycles. The first-order valence-corrected chi connectivity index (χ1v) is 11.9. The molecule has 1 N–H and O–H groups in total. The van der Waals surface area contributed by atoms with Gasteiger partial charge in [0.2, 0.25) is 0 Å². The zero-order valence-electron chi connectivity index (χ0n) is 18.9. The van der Waals surface area contributed by atoms with Crippen molar-refractivity contribution in [1.82, 2.24) is 4.98 Å². The minimum atomic E-state index is -3.86. The van der Waals surface area contributed by atoms with Crippen LogP contribution in [-0.2, 0) is 22.0 Å². The number of pyridine rings is 1. The maximum absolute atomic E-state index is 13.9. The first-order chi connectivity index (χ1) is 15.0. The van der Waals surface area contributed by atoms with E-state index in [0.29, 0.717) is 22.8 Å². The molecule has 6 nitrogen and oxygen atoms in total. The molecule has 0 saturated heterocycles. The highest BCUT2D eigenvalue weighted by Gasteiger charge is 2.32. The van der Waals surface area contributed by atoms with Gasteiger partial charge in [0.05, 0.1) is 22.8 Å². The summed E-state index contributed by atoms with van der Waals surface area (Å²) in [5.41, 5.74) is 5.08. The van der Waals surface area contributed by atoms with Crippen molar-refractivity contribution in [2.75, 3.05) is 9.62 Å². The summed E-state index contributed by atoms with van der Waals surface area (Å²) in [6.45, 7) is 10.3. The number of aromatic nitrogens is 1. The molecule has 2 aromatic carbocycles. The van der Waals surface area contributed by atoms with E-state index in [4.69, 9.17) is 0 Å². The van der Waals surface area contributed by atoms with E-state index in [1.165, 1.54) is 4.31 Å². The van der Waals surface area contributed by atoms with Crippen LogP contribution in [0.25, 0.3) is 0 Å². The Balaban J connectivity index is 1.90. The van der Waals surface area contributed by atoms with Gasteiger partial charge in [0.1, 0.15) is 17.6 Å². The highest BCUT2D eigenvalue weighted by molar-refractivity contribution is 7.92. The Morgan fingerprint density at radius 2 is 1.72 bits per heavy atom. The molecule has 4 rings (SSSR count). The van der Waals surface area contributed by atoms with Crippen molar-refractivity contribution in [3.05, 3.63) is 76.5 Å². The van der Waals surface area contributed by atoms with Crippen LogP contribution in [0.2, 0.25) is 0 Å². The second-order valence-corrected chi connectivity index (χ2v) is 11.0. The molecule has 0 radical (unpaired) electrons. The number of nitrogens with zero attached hydrogens (tertiary/aromatic N) is 3. The van der Waals surface area contributed by atoms with Gasteiger partial charge >= 0.3 is 0 Å². The van der Waals surface area contributed by atoms with E-state index in [-0.39, 0.29) is 22.5 Å². The molecule has 7 heteroatoms. The van der Waals surface area contributed by atoms with E-state index in [2.05, 4.69) is 31.1 Å². The van der Waals surface area contributed by atoms with Crippen molar-refractivity contribution >= 4 is 27.2 Å². The lowest BCUT2D eigenvalue weighted by Gasteiger charge is -2.27. The first-order valence-electron chi connectivity index (χ1n) is 10.4. The normalized spacial score (nSPS) is 13.4. The standard InChI is InChI=1S/C25H26N4O2S/c1-16-6-13-22-23(17(16)2)29(15-18-7-10-20(14-26)27-24(18)28-22)32(30,31)21-11-8-19(9-12-21)25(3,4)5/h6-13H,15H2,1-5H3,(H,27,28). The summed E-state index contributed by atoms with van der Waals surface area (Å²) in [6.07, 6.45) is 0. The van der Waals surface area contributed by atoms with Gasteiger partial charge in [-0.15, -0.1) is 0 Å². The molecule has 3 aromatic rings. The molecule has 164 valence electrons. The first kappa shape index (κ1) is 21.8. The lowest BCUT2D eigenvalue weighted by Crippen LogP contribution is -2.31. The van der Waals surface area contributed by atoms with Crippen molar-refractivity contribution in [2.45, 2.75) is 51.5 Å². The van der Waals surface area contributed by atoms with Crippen LogP contribution in [0.5, 0.6) is 0 Å². The van der Waals surface area contributed by atoms with Gasteiger partial charge in [0.25, 0.3) is 10.0 Å². The molecule has 0 atom stereocenters. The molecular weight excluding hydrogens is 420 g/mol. The van der Waals surface area contributed by atoms with E-state index >= 15 is 0 Å². The van der Waals surface area contributed by atoms with Crippen molar-refractivity contribution in [3.63, 3.8) is 0 Å². The molecular formula is C25H26N4O2S. The smallest absolute Gasteiger partial charge is 0.264 e. The molecule has 2 heterocycles. The van der Waals surface area contributed by atoms with Gasteiger partial charge in [-0.3, -0.25) is 4.31 Å². The van der Waals surface area contributed by atoms with E-state index in [0.717, 1.165) is 16.7 Å². The highest BCUT2D eigenvalue weighted by Crippen LogP contribution is 2.41. The number of hydrogen-bond donors (Lipinski definition) is 1. The molecule has 0 fully saturated rings. The van der Waals surface area contributed by atoms with Crippen LogP contribution in [0, 0.1) is 25.2 Å². The topological polar surface area (TPSA) is 86.1 Å². The van der Waals surface area contributed by atoms with Gasteiger partial charge < -0.3 is 5.32 Å². The van der Waals surface area contributed by atoms with Crippen LogP contribution < -0.4 is 9.62 Å². The van der Waals surface area contributed by atoms with E-state index in [9.17, 15) is 13.7 Å². The van der Waals surface area contributed by atoms with E-state index in [1.807, 2.05) is 44.2 Å². The van der Waals surface area contributed by atoms with Crippen LogP contribution in [0.15, 0.2) is 53.4 Å². The molecule has 0 amide bonds. The fourth-order valence-electron chi connectivity index (χ4n) is 3.83. The summed E-state index contributed by atoms with van der Waals surface area (Å²) in [7, 11) is -3.86. The van der Waals surface area contributed by atoms with Gasteiger partial charge in [0, 0.05) is 5.56 Å². The highest BCUT2D eigenvalue weighted by atomic mass is 32.2. The Morgan fingerprint density at radius 1 is 1.03 bits per heavy atom. The zero-order valence-corrected chi connectivity index (χ0v) is 19.7. The molecule has 0 bridgehead atoms. The van der Waals surface area contributed by atoms with Gasteiger partial charge in [-0.05, 0) is 60.2 Å². The summed E-state index contributed by atoms with van der Waals surface area (Å²) >= 11 is 0. The van der Waals surface area contributed by atoms with Crippen LogP contribution in [0.4, 0.5) is 17.2 Å². The molecule has 1 aliphatic heterocycles. The maximum atomic E-state index is 13.9. The maximum Gasteiger partial charge on any atom is 0.264 e. The van der Waals surface area contributed by atoms with Gasteiger partial charge in [-0.1, -0.05) is 45.0 Å². The van der Waals surface area contributed by atoms with Crippen molar-refractivity contribution < 1.29 is 8.42 Å². The van der Waals surface area contributed by atoms with Gasteiger partial charge in [-0.25, -0.2) is 13.4 Å². The Labute approximate surface area is 189 Å². The summed E-state index contributed by atoms with van der Waals surface area (Å²) in [5, 5.41) is 12.5. The van der Waals surface area contributed by atoms with Crippen LogP contribution in [0.3, 0.4) is 0 Å². The number of anilines is 3. The number of nitriles is 1. The van der Waals surface area contributed by atoms with Crippen LogP contribution in [0.1, 0.15) is 48.7 Å². The Bertz CT molecular complexity index is 1350. The van der Waals surface area contributed by atoms with Gasteiger partial charge in [-0.2, -0.15) is 5.26 Å². The lowest BCUT2D eigenvalue weighted by atomic mass is 9.87. The van der Waals surface area contributed by atoms with E-state index in [1.54, 1.807) is 24.3 Å². The number of aryl methyl sites for hydroxylation is 1. The molecule has 32 heavy (non-hydrogen) atoms. The third kappa shape index (κ3) is 3.71. The van der Waals surface area contributed by atoms with Crippen molar-refractivity contribution in [1.29, 1.82) is 5.26 Å².